The third-order valence-electron chi connectivity index (χ3n) is 8.86. The first-order valence-electron chi connectivity index (χ1n) is 14.5. The fourth-order valence-electron chi connectivity index (χ4n) is 7.12. The summed E-state index contributed by atoms with van der Waals surface area (Å²) < 4.78 is 6.46. The van der Waals surface area contributed by atoms with Crippen LogP contribution < -0.4 is 30.9 Å². The standard InChI is InChI=1S/C36H27BN2OS/c1-2-11-24(12-3-1)38-30-16-10-20-35-36(30)37(27-13-4-9-19-34(27)41-35)26-22-21-25(23-31(26)38)39-28-14-5-7-17-32(28)40-33-18-8-6-15-29(33)39/h1-5,7,9-14,16-17,19-23H,6,8,15,18H2. The number of nitrogens with zero attached hydrogens (tertiary/aromatic N) is 2. The van der Waals surface area contributed by atoms with Crippen LogP contribution in [0.15, 0.2) is 137 Å². The predicted octanol–water partition coefficient (Wildman–Crippen LogP) is 7.77. The van der Waals surface area contributed by atoms with Crippen molar-refractivity contribution >= 4 is 63.3 Å². The summed E-state index contributed by atoms with van der Waals surface area (Å²) in [6.07, 6.45) is 4.39. The third-order valence-corrected chi connectivity index (χ3v) is 10.0. The van der Waals surface area contributed by atoms with Crippen molar-refractivity contribution in [2.75, 3.05) is 9.80 Å². The first-order chi connectivity index (χ1) is 20.3. The Bertz CT molecular complexity index is 1880. The Morgan fingerprint density at radius 2 is 1.37 bits per heavy atom. The van der Waals surface area contributed by atoms with E-state index >= 15 is 0 Å². The van der Waals surface area contributed by atoms with E-state index in [9.17, 15) is 0 Å². The van der Waals surface area contributed by atoms with Gasteiger partial charge in [-0.2, -0.15) is 0 Å². The summed E-state index contributed by atoms with van der Waals surface area (Å²) in [5, 5.41) is 0. The summed E-state index contributed by atoms with van der Waals surface area (Å²) in [6.45, 7) is 0.198. The molecule has 5 heteroatoms. The Labute approximate surface area is 245 Å². The number of fused-ring (bicyclic) bond motifs is 5. The van der Waals surface area contributed by atoms with Gasteiger partial charge in [-0.1, -0.05) is 77.9 Å². The van der Waals surface area contributed by atoms with Crippen LogP contribution in [0.4, 0.5) is 28.4 Å². The average Bonchev–Trinajstić information content (AvgIpc) is 3.03. The van der Waals surface area contributed by atoms with E-state index < -0.39 is 0 Å². The van der Waals surface area contributed by atoms with Crippen LogP contribution >= 0.6 is 11.8 Å². The van der Waals surface area contributed by atoms with Gasteiger partial charge in [0.1, 0.15) is 5.76 Å². The number of para-hydroxylation sites is 3. The van der Waals surface area contributed by atoms with Gasteiger partial charge in [0.15, 0.2) is 5.75 Å². The highest BCUT2D eigenvalue weighted by atomic mass is 32.2. The average molecular weight is 547 g/mol. The highest BCUT2D eigenvalue weighted by molar-refractivity contribution is 8.00. The Hall–Kier alpha value is -4.35. The molecule has 0 radical (unpaired) electrons. The van der Waals surface area contributed by atoms with E-state index in [1.165, 1.54) is 67.5 Å². The number of hydrogen-bond acceptors (Lipinski definition) is 4. The Balaban J connectivity index is 1.31. The van der Waals surface area contributed by atoms with Crippen LogP contribution in [0.25, 0.3) is 0 Å². The molecule has 0 spiro atoms. The van der Waals surface area contributed by atoms with Gasteiger partial charge in [0.25, 0.3) is 0 Å². The van der Waals surface area contributed by atoms with Crippen molar-refractivity contribution in [2.24, 2.45) is 0 Å². The highest BCUT2D eigenvalue weighted by Gasteiger charge is 2.41. The lowest BCUT2D eigenvalue weighted by molar-refractivity contribution is 0.363. The van der Waals surface area contributed by atoms with E-state index in [2.05, 4.69) is 125 Å². The second-order valence-electron chi connectivity index (χ2n) is 11.2. The second kappa shape index (κ2) is 9.08. The lowest BCUT2D eigenvalue weighted by atomic mass is 9.35. The monoisotopic (exact) mass is 546 g/mol. The molecule has 1 aliphatic carbocycles. The van der Waals surface area contributed by atoms with Crippen LogP contribution in [0.2, 0.25) is 0 Å². The first-order valence-corrected chi connectivity index (χ1v) is 15.3. The molecule has 0 saturated carbocycles. The molecule has 0 N–H and O–H groups in total. The Morgan fingerprint density at radius 1 is 0.585 bits per heavy atom. The van der Waals surface area contributed by atoms with Crippen LogP contribution in [0.1, 0.15) is 25.7 Å². The molecule has 3 aliphatic heterocycles. The molecule has 0 unspecified atom stereocenters. The van der Waals surface area contributed by atoms with E-state index in [1.54, 1.807) is 0 Å². The van der Waals surface area contributed by atoms with Crippen LogP contribution in [0.3, 0.4) is 0 Å². The van der Waals surface area contributed by atoms with Gasteiger partial charge in [-0.25, -0.2) is 0 Å². The minimum Gasteiger partial charge on any atom is -0.458 e. The number of hydrogen-bond donors (Lipinski definition) is 0. The van der Waals surface area contributed by atoms with Crippen LogP contribution in [0.5, 0.6) is 5.75 Å². The maximum atomic E-state index is 6.46. The van der Waals surface area contributed by atoms with Crippen molar-refractivity contribution in [1.29, 1.82) is 0 Å². The van der Waals surface area contributed by atoms with Crippen LogP contribution in [0, 0.1) is 0 Å². The summed E-state index contributed by atoms with van der Waals surface area (Å²) in [7, 11) is 0. The molecular weight excluding hydrogens is 519 g/mol. The highest BCUT2D eigenvalue weighted by Crippen LogP contribution is 2.48. The molecule has 41 heavy (non-hydrogen) atoms. The number of anilines is 5. The molecule has 5 aromatic carbocycles. The molecule has 3 nitrogen and oxygen atoms in total. The maximum absolute atomic E-state index is 6.46. The molecular formula is C36H27BN2OS. The van der Waals surface area contributed by atoms with Crippen molar-refractivity contribution in [3.8, 4) is 5.75 Å². The van der Waals surface area contributed by atoms with E-state index in [4.69, 9.17) is 4.74 Å². The zero-order valence-electron chi connectivity index (χ0n) is 22.6. The molecule has 9 rings (SSSR count). The SMILES string of the molecule is c1ccc(N2c3cc(N4C5=C(CCCC5)Oc5ccccc54)ccc3B3c4ccccc4Sc4cccc2c43)cc1. The zero-order valence-corrected chi connectivity index (χ0v) is 23.4. The number of benzene rings is 5. The van der Waals surface area contributed by atoms with Gasteiger partial charge in [0.2, 0.25) is 6.71 Å². The lowest BCUT2D eigenvalue weighted by Crippen LogP contribution is -2.59. The maximum Gasteiger partial charge on any atom is 0.249 e. The molecule has 196 valence electrons. The van der Waals surface area contributed by atoms with Gasteiger partial charge in [0.05, 0.1) is 11.4 Å². The number of allylic oxidation sites excluding steroid dienone is 2. The van der Waals surface area contributed by atoms with Gasteiger partial charge >= 0.3 is 0 Å². The fraction of sp³-hybridized carbons (Fsp3) is 0.111. The molecule has 0 aromatic heterocycles. The molecule has 0 bridgehead atoms. The van der Waals surface area contributed by atoms with Crippen molar-refractivity contribution in [1.82, 2.24) is 0 Å². The largest absolute Gasteiger partial charge is 0.458 e. The minimum absolute atomic E-state index is 0.198. The molecule has 0 saturated heterocycles. The molecule has 0 amide bonds. The van der Waals surface area contributed by atoms with Crippen molar-refractivity contribution in [3.05, 3.63) is 127 Å². The summed E-state index contributed by atoms with van der Waals surface area (Å²) in [5.41, 5.74) is 11.5. The molecule has 4 aliphatic rings. The normalized spacial score (nSPS) is 16.2. The molecule has 0 fully saturated rings. The minimum atomic E-state index is 0.198. The smallest absolute Gasteiger partial charge is 0.249 e. The van der Waals surface area contributed by atoms with Crippen molar-refractivity contribution < 1.29 is 4.74 Å². The predicted molar refractivity (Wildman–Crippen MR) is 171 cm³/mol. The lowest BCUT2D eigenvalue weighted by Gasteiger charge is -2.41. The summed E-state index contributed by atoms with van der Waals surface area (Å²) in [6, 6.07) is 42.2. The van der Waals surface area contributed by atoms with Crippen LogP contribution in [-0.4, -0.2) is 6.71 Å². The topological polar surface area (TPSA) is 15.7 Å². The van der Waals surface area contributed by atoms with Gasteiger partial charge < -0.3 is 14.5 Å². The first kappa shape index (κ1) is 23.4. The van der Waals surface area contributed by atoms with Gasteiger partial charge in [0, 0.05) is 39.0 Å². The second-order valence-corrected chi connectivity index (χ2v) is 12.2. The number of rotatable bonds is 2. The fourth-order valence-corrected chi connectivity index (χ4v) is 8.29. The van der Waals surface area contributed by atoms with Gasteiger partial charge in [-0.05, 0) is 84.8 Å². The van der Waals surface area contributed by atoms with Gasteiger partial charge in [-0.15, -0.1) is 0 Å². The van der Waals surface area contributed by atoms with E-state index in [-0.39, 0.29) is 6.71 Å². The Kier molecular flexibility index (Phi) is 5.18. The number of ether oxygens (including phenoxy) is 1. The van der Waals surface area contributed by atoms with Crippen molar-refractivity contribution in [2.45, 2.75) is 35.5 Å². The summed E-state index contributed by atoms with van der Waals surface area (Å²) >= 11 is 1.90. The van der Waals surface area contributed by atoms with Crippen molar-refractivity contribution in [3.63, 3.8) is 0 Å². The summed E-state index contributed by atoms with van der Waals surface area (Å²) in [5.74, 6) is 2.07. The molecule has 5 aromatic rings. The van der Waals surface area contributed by atoms with E-state index in [0.29, 0.717) is 0 Å². The molecule has 0 atom stereocenters. The quantitative estimate of drug-likeness (QED) is 0.206. The zero-order chi connectivity index (χ0) is 26.9. The van der Waals surface area contributed by atoms with Gasteiger partial charge in [-0.3, -0.25) is 0 Å². The van der Waals surface area contributed by atoms with Crippen LogP contribution in [-0.2, 0) is 0 Å². The third kappa shape index (κ3) is 3.48. The Morgan fingerprint density at radius 3 is 2.32 bits per heavy atom. The van der Waals surface area contributed by atoms with E-state index in [1.807, 2.05) is 11.8 Å². The molecule has 3 heterocycles. The summed E-state index contributed by atoms with van der Waals surface area (Å²) in [4.78, 5) is 7.64. The van der Waals surface area contributed by atoms with E-state index in [0.717, 1.165) is 30.0 Å².